The summed E-state index contributed by atoms with van der Waals surface area (Å²) in [5.74, 6) is 2.44. The van der Waals surface area contributed by atoms with E-state index < -0.39 is 0 Å². The fourth-order valence-electron chi connectivity index (χ4n) is 3.34. The molecule has 1 saturated heterocycles. The van der Waals surface area contributed by atoms with Gasteiger partial charge in [-0.25, -0.2) is 0 Å². The van der Waals surface area contributed by atoms with E-state index in [-0.39, 0.29) is 6.10 Å². The van der Waals surface area contributed by atoms with Crippen LogP contribution in [0.3, 0.4) is 0 Å². The Labute approximate surface area is 164 Å². The monoisotopic (exact) mass is 376 g/mol. The van der Waals surface area contributed by atoms with Crippen LogP contribution in [0.5, 0.6) is 5.75 Å². The Morgan fingerprint density at radius 3 is 2.96 bits per heavy atom. The average molecular weight is 377 g/mol. The number of nitrogens with zero attached hydrogens (tertiary/aromatic N) is 2. The van der Waals surface area contributed by atoms with Gasteiger partial charge in [-0.1, -0.05) is 26.0 Å². The van der Waals surface area contributed by atoms with Crippen LogP contribution in [0, 0.1) is 5.92 Å². The van der Waals surface area contributed by atoms with Gasteiger partial charge in [0, 0.05) is 39.8 Å². The molecule has 2 N–H and O–H groups in total. The van der Waals surface area contributed by atoms with E-state index in [1.165, 1.54) is 5.56 Å². The highest BCUT2D eigenvalue weighted by Crippen LogP contribution is 2.13. The molecule has 0 spiro atoms. The summed E-state index contributed by atoms with van der Waals surface area (Å²) in [6, 6.07) is 8.24. The molecule has 6 heteroatoms. The van der Waals surface area contributed by atoms with E-state index in [1.807, 2.05) is 19.2 Å². The fraction of sp³-hybridized carbons (Fsp3) is 0.667. The van der Waals surface area contributed by atoms with Crippen LogP contribution in [0.25, 0.3) is 0 Å². The SMILES string of the molecule is CN=C(NCCCc1cccc(OC)c1)NCC1CN(CC(C)C)CCO1. The molecule has 1 atom stereocenters. The third kappa shape index (κ3) is 8.18. The Kier molecular flexibility index (Phi) is 9.42. The van der Waals surface area contributed by atoms with Gasteiger partial charge in [-0.3, -0.25) is 9.89 Å². The number of aryl methyl sites for hydroxylation is 1. The number of ether oxygens (including phenoxy) is 2. The molecular formula is C21H36N4O2. The number of guanidine groups is 1. The Bertz CT molecular complexity index is 577. The van der Waals surface area contributed by atoms with Gasteiger partial charge in [-0.15, -0.1) is 0 Å². The lowest BCUT2D eigenvalue weighted by atomic mass is 10.1. The van der Waals surface area contributed by atoms with E-state index >= 15 is 0 Å². The predicted molar refractivity (Wildman–Crippen MR) is 112 cm³/mol. The van der Waals surface area contributed by atoms with Crippen molar-refractivity contribution in [2.75, 3.05) is 53.5 Å². The second-order valence-corrected chi connectivity index (χ2v) is 7.48. The standard InChI is InChI=1S/C21H36N4O2/c1-17(2)15-25-11-12-27-20(16-25)14-24-21(22-3)23-10-6-8-18-7-5-9-19(13-18)26-4/h5,7,9,13,17,20H,6,8,10-12,14-16H2,1-4H3,(H2,22,23,24). The highest BCUT2D eigenvalue weighted by molar-refractivity contribution is 5.79. The summed E-state index contributed by atoms with van der Waals surface area (Å²) in [6.45, 7) is 10.2. The van der Waals surface area contributed by atoms with Gasteiger partial charge >= 0.3 is 0 Å². The number of aliphatic imine (C=N–C) groups is 1. The lowest BCUT2D eigenvalue weighted by Gasteiger charge is -2.34. The van der Waals surface area contributed by atoms with Gasteiger partial charge in [0.2, 0.25) is 0 Å². The van der Waals surface area contributed by atoms with E-state index in [0.29, 0.717) is 5.92 Å². The van der Waals surface area contributed by atoms with Crippen LogP contribution in [0.2, 0.25) is 0 Å². The Hall–Kier alpha value is -1.79. The second-order valence-electron chi connectivity index (χ2n) is 7.48. The maximum Gasteiger partial charge on any atom is 0.191 e. The van der Waals surface area contributed by atoms with Gasteiger partial charge < -0.3 is 20.1 Å². The molecule has 0 radical (unpaired) electrons. The summed E-state index contributed by atoms with van der Waals surface area (Å²) in [5.41, 5.74) is 1.29. The van der Waals surface area contributed by atoms with Crippen molar-refractivity contribution < 1.29 is 9.47 Å². The largest absolute Gasteiger partial charge is 0.497 e. The van der Waals surface area contributed by atoms with E-state index in [4.69, 9.17) is 9.47 Å². The van der Waals surface area contributed by atoms with Gasteiger partial charge in [0.1, 0.15) is 5.75 Å². The maximum atomic E-state index is 5.89. The Balaban J connectivity index is 1.65. The van der Waals surface area contributed by atoms with Crippen molar-refractivity contribution in [2.45, 2.75) is 32.8 Å². The topological polar surface area (TPSA) is 58.1 Å². The third-order valence-corrected chi connectivity index (χ3v) is 4.64. The first-order valence-corrected chi connectivity index (χ1v) is 10.0. The number of hydrogen-bond acceptors (Lipinski definition) is 4. The zero-order valence-electron chi connectivity index (χ0n) is 17.3. The molecule has 6 nitrogen and oxygen atoms in total. The van der Waals surface area contributed by atoms with Crippen LogP contribution in [-0.2, 0) is 11.2 Å². The number of nitrogens with one attached hydrogen (secondary N) is 2. The molecule has 1 aliphatic heterocycles. The van der Waals surface area contributed by atoms with Crippen molar-refractivity contribution in [3.8, 4) is 5.75 Å². The van der Waals surface area contributed by atoms with Crippen LogP contribution in [0.1, 0.15) is 25.8 Å². The predicted octanol–water partition coefficient (Wildman–Crippen LogP) is 2.15. The molecular weight excluding hydrogens is 340 g/mol. The summed E-state index contributed by atoms with van der Waals surface area (Å²) < 4.78 is 11.2. The zero-order valence-corrected chi connectivity index (χ0v) is 17.3. The molecule has 0 saturated carbocycles. The van der Waals surface area contributed by atoms with Gasteiger partial charge in [0.25, 0.3) is 0 Å². The first-order valence-electron chi connectivity index (χ1n) is 10.0. The second kappa shape index (κ2) is 11.8. The lowest BCUT2D eigenvalue weighted by Crippen LogP contribution is -2.50. The number of morpholine rings is 1. The Morgan fingerprint density at radius 1 is 1.37 bits per heavy atom. The molecule has 0 bridgehead atoms. The number of rotatable bonds is 9. The summed E-state index contributed by atoms with van der Waals surface area (Å²) in [4.78, 5) is 6.81. The van der Waals surface area contributed by atoms with Crippen LogP contribution in [-0.4, -0.2) is 70.5 Å². The number of hydrogen-bond donors (Lipinski definition) is 2. The molecule has 1 aliphatic rings. The number of methoxy groups -OCH3 is 1. The summed E-state index contributed by atoms with van der Waals surface area (Å²) in [6.07, 6.45) is 2.26. The van der Waals surface area contributed by atoms with Crippen molar-refractivity contribution in [3.05, 3.63) is 29.8 Å². The first-order chi connectivity index (χ1) is 13.1. The van der Waals surface area contributed by atoms with Crippen molar-refractivity contribution in [1.82, 2.24) is 15.5 Å². The molecule has 0 amide bonds. The zero-order chi connectivity index (χ0) is 19.5. The average Bonchev–Trinajstić information content (AvgIpc) is 2.67. The van der Waals surface area contributed by atoms with Gasteiger partial charge in [0.05, 0.1) is 19.8 Å². The molecule has 1 aromatic rings. The molecule has 0 aromatic heterocycles. The van der Waals surface area contributed by atoms with E-state index in [2.05, 4.69) is 46.5 Å². The van der Waals surface area contributed by atoms with Crippen LogP contribution in [0.15, 0.2) is 29.3 Å². The smallest absolute Gasteiger partial charge is 0.191 e. The summed E-state index contributed by atoms with van der Waals surface area (Å²) in [5, 5.41) is 6.79. The molecule has 1 unspecified atom stereocenters. The van der Waals surface area contributed by atoms with Crippen molar-refractivity contribution in [1.29, 1.82) is 0 Å². The van der Waals surface area contributed by atoms with E-state index in [9.17, 15) is 0 Å². The minimum absolute atomic E-state index is 0.216. The molecule has 1 heterocycles. The van der Waals surface area contributed by atoms with Crippen LogP contribution in [0.4, 0.5) is 0 Å². The Morgan fingerprint density at radius 2 is 2.22 bits per heavy atom. The lowest BCUT2D eigenvalue weighted by molar-refractivity contribution is -0.0284. The van der Waals surface area contributed by atoms with Crippen LogP contribution >= 0.6 is 0 Å². The van der Waals surface area contributed by atoms with Gasteiger partial charge in [-0.2, -0.15) is 0 Å². The van der Waals surface area contributed by atoms with Gasteiger partial charge in [0.15, 0.2) is 5.96 Å². The van der Waals surface area contributed by atoms with Crippen molar-refractivity contribution in [3.63, 3.8) is 0 Å². The summed E-state index contributed by atoms with van der Waals surface area (Å²) in [7, 11) is 3.51. The van der Waals surface area contributed by atoms with E-state index in [1.54, 1.807) is 7.11 Å². The van der Waals surface area contributed by atoms with Gasteiger partial charge in [-0.05, 0) is 36.5 Å². The van der Waals surface area contributed by atoms with Crippen molar-refractivity contribution in [2.24, 2.45) is 10.9 Å². The molecule has 1 fully saturated rings. The molecule has 0 aliphatic carbocycles. The molecule has 2 rings (SSSR count). The van der Waals surface area contributed by atoms with Crippen molar-refractivity contribution >= 4 is 5.96 Å². The first kappa shape index (κ1) is 21.5. The molecule has 27 heavy (non-hydrogen) atoms. The van der Waals surface area contributed by atoms with Crippen LogP contribution < -0.4 is 15.4 Å². The molecule has 152 valence electrons. The normalized spacial score (nSPS) is 18.6. The fourth-order valence-corrected chi connectivity index (χ4v) is 3.34. The highest BCUT2D eigenvalue weighted by atomic mass is 16.5. The quantitative estimate of drug-likeness (QED) is 0.393. The highest BCUT2D eigenvalue weighted by Gasteiger charge is 2.20. The minimum atomic E-state index is 0.216. The maximum absolute atomic E-state index is 5.89. The molecule has 1 aromatic carbocycles. The summed E-state index contributed by atoms with van der Waals surface area (Å²) >= 11 is 0. The number of benzene rings is 1. The third-order valence-electron chi connectivity index (χ3n) is 4.64. The minimum Gasteiger partial charge on any atom is -0.497 e. The van der Waals surface area contributed by atoms with E-state index in [0.717, 1.165) is 63.9 Å².